The molecule has 1 aliphatic rings. The second kappa shape index (κ2) is 7.78. The Morgan fingerprint density at radius 2 is 1.77 bits per heavy atom. The second-order valence-corrected chi connectivity index (χ2v) is 5.78. The summed E-state index contributed by atoms with van der Waals surface area (Å²) < 4.78 is 0. The van der Waals surface area contributed by atoms with E-state index in [-0.39, 0.29) is 17.7 Å². The highest BCUT2D eigenvalue weighted by atomic mass is 16.2. The van der Waals surface area contributed by atoms with E-state index in [9.17, 15) is 9.59 Å². The molecule has 118 valence electrons. The summed E-state index contributed by atoms with van der Waals surface area (Å²) in [6.07, 6.45) is 2.68. The Morgan fingerprint density at radius 3 is 2.45 bits per heavy atom. The van der Waals surface area contributed by atoms with Crippen molar-refractivity contribution in [1.82, 2.24) is 9.80 Å². The summed E-state index contributed by atoms with van der Waals surface area (Å²) in [6, 6.07) is 10.1. The van der Waals surface area contributed by atoms with E-state index in [0.29, 0.717) is 26.1 Å². The van der Waals surface area contributed by atoms with Crippen LogP contribution in [0.5, 0.6) is 0 Å². The van der Waals surface area contributed by atoms with Crippen LogP contribution >= 0.6 is 0 Å². The predicted octanol–water partition coefficient (Wildman–Crippen LogP) is 2.43. The van der Waals surface area contributed by atoms with E-state index in [4.69, 9.17) is 0 Å². The van der Waals surface area contributed by atoms with Crippen LogP contribution in [0.15, 0.2) is 43.0 Å². The first-order chi connectivity index (χ1) is 10.6. The maximum atomic E-state index is 12.5. The van der Waals surface area contributed by atoms with E-state index in [0.717, 1.165) is 13.0 Å². The molecule has 22 heavy (non-hydrogen) atoms. The summed E-state index contributed by atoms with van der Waals surface area (Å²) in [6.45, 7) is 8.23. The van der Waals surface area contributed by atoms with Gasteiger partial charge in [0, 0.05) is 32.6 Å². The fourth-order valence-corrected chi connectivity index (χ4v) is 2.81. The lowest BCUT2D eigenvalue weighted by Crippen LogP contribution is -2.37. The number of hydrogen-bond acceptors (Lipinski definition) is 2. The van der Waals surface area contributed by atoms with Gasteiger partial charge in [-0.15, -0.1) is 0 Å². The highest BCUT2D eigenvalue weighted by Crippen LogP contribution is 2.20. The van der Waals surface area contributed by atoms with Crippen molar-refractivity contribution in [2.24, 2.45) is 0 Å². The summed E-state index contributed by atoms with van der Waals surface area (Å²) in [5, 5.41) is 0. The summed E-state index contributed by atoms with van der Waals surface area (Å²) in [5.41, 5.74) is 1.19. The quantitative estimate of drug-likeness (QED) is 0.801. The molecule has 1 aliphatic heterocycles. The average molecular weight is 300 g/mol. The molecule has 0 bridgehead atoms. The Balaban J connectivity index is 1.90. The maximum absolute atomic E-state index is 12.5. The van der Waals surface area contributed by atoms with E-state index < -0.39 is 0 Å². The number of carbonyl (C=O) groups is 2. The molecule has 0 saturated carbocycles. The molecule has 0 spiro atoms. The van der Waals surface area contributed by atoms with E-state index in [1.54, 1.807) is 4.90 Å². The molecule has 0 radical (unpaired) electrons. The van der Waals surface area contributed by atoms with Crippen molar-refractivity contribution in [1.29, 1.82) is 0 Å². The van der Waals surface area contributed by atoms with Crippen LogP contribution in [0.4, 0.5) is 0 Å². The predicted molar refractivity (Wildman–Crippen MR) is 87.4 cm³/mol. The average Bonchev–Trinajstić information content (AvgIpc) is 2.81. The third-order valence-electron chi connectivity index (χ3n) is 4.18. The van der Waals surface area contributed by atoms with Gasteiger partial charge < -0.3 is 9.80 Å². The number of nitrogens with zero attached hydrogens (tertiary/aromatic N) is 2. The van der Waals surface area contributed by atoms with Crippen molar-refractivity contribution in [3.05, 3.63) is 48.6 Å². The van der Waals surface area contributed by atoms with Crippen LogP contribution in [0.25, 0.3) is 0 Å². The summed E-state index contributed by atoms with van der Waals surface area (Å²) in [7, 11) is 0. The molecule has 2 amide bonds. The Bertz CT molecular complexity index is 527. The van der Waals surface area contributed by atoms with Crippen molar-refractivity contribution < 1.29 is 9.59 Å². The van der Waals surface area contributed by atoms with Crippen LogP contribution in [0, 0.1) is 0 Å². The Kier molecular flexibility index (Phi) is 5.75. The minimum absolute atomic E-state index is 0.0491. The lowest BCUT2D eigenvalue weighted by molar-refractivity contribution is -0.132. The molecular formula is C18H24N2O2. The molecule has 2 rings (SSSR count). The van der Waals surface area contributed by atoms with Crippen molar-refractivity contribution in [3.8, 4) is 0 Å². The van der Waals surface area contributed by atoms with Gasteiger partial charge in [-0.3, -0.25) is 9.59 Å². The molecule has 1 atom stereocenters. The van der Waals surface area contributed by atoms with Gasteiger partial charge >= 0.3 is 0 Å². The summed E-state index contributed by atoms with van der Waals surface area (Å²) >= 11 is 0. The van der Waals surface area contributed by atoms with Crippen LogP contribution in [0.3, 0.4) is 0 Å². The largest absolute Gasteiger partial charge is 0.341 e. The highest BCUT2D eigenvalue weighted by molar-refractivity contribution is 5.87. The number of amides is 2. The molecule has 0 unspecified atom stereocenters. The van der Waals surface area contributed by atoms with Gasteiger partial charge in [-0.2, -0.15) is 0 Å². The first-order valence-corrected chi connectivity index (χ1v) is 7.86. The SMILES string of the molecule is C=CC(=O)N1CCCN(C(=O)C[C@H](C)c2ccccc2)CC1. The lowest BCUT2D eigenvalue weighted by Gasteiger charge is -2.23. The zero-order valence-electron chi connectivity index (χ0n) is 13.2. The van der Waals surface area contributed by atoms with Gasteiger partial charge in [0.25, 0.3) is 0 Å². The van der Waals surface area contributed by atoms with Crippen LogP contribution in [0.1, 0.15) is 31.2 Å². The topological polar surface area (TPSA) is 40.6 Å². The molecule has 1 aromatic rings. The first-order valence-electron chi connectivity index (χ1n) is 7.86. The van der Waals surface area contributed by atoms with E-state index in [2.05, 4.69) is 25.6 Å². The molecular weight excluding hydrogens is 276 g/mol. The zero-order valence-corrected chi connectivity index (χ0v) is 13.2. The third kappa shape index (κ3) is 4.20. The fourth-order valence-electron chi connectivity index (χ4n) is 2.81. The monoisotopic (exact) mass is 300 g/mol. The van der Waals surface area contributed by atoms with E-state index in [1.165, 1.54) is 11.6 Å². The van der Waals surface area contributed by atoms with Crippen molar-refractivity contribution in [3.63, 3.8) is 0 Å². The molecule has 1 saturated heterocycles. The molecule has 4 nitrogen and oxygen atoms in total. The normalized spacial score (nSPS) is 16.8. The van der Waals surface area contributed by atoms with Crippen molar-refractivity contribution in [2.75, 3.05) is 26.2 Å². The minimum Gasteiger partial charge on any atom is -0.341 e. The van der Waals surface area contributed by atoms with Crippen molar-refractivity contribution in [2.45, 2.75) is 25.7 Å². The van der Waals surface area contributed by atoms with Crippen LogP contribution in [-0.2, 0) is 9.59 Å². The summed E-state index contributed by atoms with van der Waals surface area (Å²) in [4.78, 5) is 27.8. The van der Waals surface area contributed by atoms with Gasteiger partial charge in [0.1, 0.15) is 0 Å². The van der Waals surface area contributed by atoms with Gasteiger partial charge in [-0.1, -0.05) is 43.8 Å². The first kappa shape index (κ1) is 16.3. The Hall–Kier alpha value is -2.10. The van der Waals surface area contributed by atoms with Gasteiger partial charge in [0.05, 0.1) is 0 Å². The number of benzene rings is 1. The highest BCUT2D eigenvalue weighted by Gasteiger charge is 2.22. The maximum Gasteiger partial charge on any atom is 0.246 e. The Morgan fingerprint density at radius 1 is 1.14 bits per heavy atom. The molecule has 4 heteroatoms. The molecule has 1 aromatic carbocycles. The third-order valence-corrected chi connectivity index (χ3v) is 4.18. The molecule has 0 aliphatic carbocycles. The van der Waals surface area contributed by atoms with Gasteiger partial charge in [0.15, 0.2) is 0 Å². The van der Waals surface area contributed by atoms with Crippen molar-refractivity contribution >= 4 is 11.8 Å². The second-order valence-electron chi connectivity index (χ2n) is 5.78. The smallest absolute Gasteiger partial charge is 0.246 e. The van der Waals surface area contributed by atoms with E-state index >= 15 is 0 Å². The Labute approximate surface area is 132 Å². The van der Waals surface area contributed by atoms with Gasteiger partial charge in [-0.05, 0) is 24.0 Å². The molecule has 1 heterocycles. The zero-order chi connectivity index (χ0) is 15.9. The molecule has 1 fully saturated rings. The van der Waals surface area contributed by atoms with Gasteiger partial charge in [0.2, 0.25) is 11.8 Å². The van der Waals surface area contributed by atoms with Crippen LogP contribution < -0.4 is 0 Å². The number of hydrogen-bond donors (Lipinski definition) is 0. The molecule has 0 N–H and O–H groups in total. The number of carbonyl (C=O) groups excluding carboxylic acids is 2. The fraction of sp³-hybridized carbons (Fsp3) is 0.444. The van der Waals surface area contributed by atoms with Crippen LogP contribution in [-0.4, -0.2) is 47.8 Å². The number of rotatable bonds is 4. The lowest BCUT2D eigenvalue weighted by atomic mass is 9.97. The molecule has 0 aromatic heterocycles. The van der Waals surface area contributed by atoms with Crippen LogP contribution in [0.2, 0.25) is 0 Å². The minimum atomic E-state index is -0.0491. The standard InChI is InChI=1S/C18H24N2O2/c1-3-17(21)19-10-7-11-20(13-12-19)18(22)14-15(2)16-8-5-4-6-9-16/h3-6,8-9,15H,1,7,10-14H2,2H3/t15-/m0/s1. The van der Waals surface area contributed by atoms with Gasteiger partial charge in [-0.25, -0.2) is 0 Å². The van der Waals surface area contributed by atoms with E-state index in [1.807, 2.05) is 23.1 Å². The summed E-state index contributed by atoms with van der Waals surface area (Å²) in [5.74, 6) is 0.332.